The Hall–Kier alpha value is -2.58. The van der Waals surface area contributed by atoms with Crippen LogP contribution < -0.4 is 14.8 Å². The predicted octanol–water partition coefficient (Wildman–Crippen LogP) is 5.05. The minimum Gasteiger partial charge on any atom is -0.484 e. The fraction of sp³-hybridized carbons (Fsp3) is 0.136. The molecule has 0 saturated carbocycles. The zero-order valence-electron chi connectivity index (χ0n) is 16.5. The lowest BCUT2D eigenvalue weighted by Gasteiger charge is -2.15. The maximum atomic E-state index is 12.6. The van der Waals surface area contributed by atoms with E-state index in [-0.39, 0.29) is 17.5 Å². The number of hydrogen-bond donors (Lipinski definition) is 2. The van der Waals surface area contributed by atoms with Crippen molar-refractivity contribution in [3.63, 3.8) is 0 Å². The van der Waals surface area contributed by atoms with Crippen molar-refractivity contribution >= 4 is 44.8 Å². The molecule has 3 aromatic carbocycles. The molecule has 0 fully saturated rings. The third kappa shape index (κ3) is 6.70. The zero-order chi connectivity index (χ0) is 22.4. The highest BCUT2D eigenvalue weighted by atomic mass is 35.5. The van der Waals surface area contributed by atoms with Crippen LogP contribution in [-0.4, -0.2) is 20.9 Å². The molecular formula is C22H20Cl2N2O4S. The fourth-order valence-electron chi connectivity index (χ4n) is 2.80. The first-order valence-corrected chi connectivity index (χ1v) is 11.5. The molecule has 0 unspecified atom stereocenters. The van der Waals surface area contributed by atoms with Gasteiger partial charge < -0.3 is 10.1 Å². The summed E-state index contributed by atoms with van der Waals surface area (Å²) in [4.78, 5) is 12.2. The van der Waals surface area contributed by atoms with E-state index >= 15 is 0 Å². The molecule has 0 spiro atoms. The summed E-state index contributed by atoms with van der Waals surface area (Å²) in [6.45, 7) is 1.51. The number of nitrogens with one attached hydrogen (secondary N) is 2. The maximum absolute atomic E-state index is 12.6. The third-order valence-corrected chi connectivity index (χ3v) is 6.27. The lowest BCUT2D eigenvalue weighted by molar-refractivity contribution is -0.118. The van der Waals surface area contributed by atoms with Crippen LogP contribution in [0, 0.1) is 0 Å². The Balaban J connectivity index is 1.57. The van der Waals surface area contributed by atoms with Crippen LogP contribution >= 0.6 is 23.2 Å². The number of rotatable bonds is 8. The average Bonchev–Trinajstić information content (AvgIpc) is 2.72. The van der Waals surface area contributed by atoms with Crippen molar-refractivity contribution < 1.29 is 17.9 Å². The van der Waals surface area contributed by atoms with Crippen molar-refractivity contribution in [2.24, 2.45) is 0 Å². The Morgan fingerprint density at radius 3 is 2.19 bits per heavy atom. The van der Waals surface area contributed by atoms with Gasteiger partial charge in [-0.05, 0) is 55.0 Å². The van der Waals surface area contributed by atoms with E-state index in [4.69, 9.17) is 27.9 Å². The molecule has 162 valence electrons. The second kappa shape index (κ2) is 10.2. The second-order valence-corrected chi connectivity index (χ2v) is 9.31. The highest BCUT2D eigenvalue weighted by molar-refractivity contribution is 7.89. The van der Waals surface area contributed by atoms with Crippen molar-refractivity contribution in [3.8, 4) is 5.75 Å². The SMILES string of the molecule is C[C@H](NS(=O)(=O)c1ccc(OCC(=O)Nc2cc(Cl)cc(Cl)c2)cc1)c1ccccc1. The number of halogens is 2. The average molecular weight is 479 g/mol. The van der Waals surface area contributed by atoms with Crippen LogP contribution in [0.4, 0.5) is 5.69 Å². The summed E-state index contributed by atoms with van der Waals surface area (Å²) in [5.41, 5.74) is 1.31. The van der Waals surface area contributed by atoms with Gasteiger partial charge >= 0.3 is 0 Å². The van der Waals surface area contributed by atoms with Gasteiger partial charge in [0.1, 0.15) is 5.75 Å². The van der Waals surface area contributed by atoms with Gasteiger partial charge in [0.05, 0.1) is 4.90 Å². The summed E-state index contributed by atoms with van der Waals surface area (Å²) in [5, 5.41) is 3.43. The lowest BCUT2D eigenvalue weighted by Crippen LogP contribution is -2.26. The largest absolute Gasteiger partial charge is 0.484 e. The van der Waals surface area contributed by atoms with E-state index in [1.54, 1.807) is 25.1 Å². The van der Waals surface area contributed by atoms with Crippen LogP contribution in [0.3, 0.4) is 0 Å². The Bertz CT molecular complexity index is 1130. The second-order valence-electron chi connectivity index (χ2n) is 6.72. The molecule has 0 aromatic heterocycles. The number of hydrogen-bond acceptors (Lipinski definition) is 4. The smallest absolute Gasteiger partial charge is 0.262 e. The van der Waals surface area contributed by atoms with Crippen LogP contribution in [0.15, 0.2) is 77.7 Å². The number of benzene rings is 3. The summed E-state index contributed by atoms with van der Waals surface area (Å²) in [6, 6.07) is 19.4. The van der Waals surface area contributed by atoms with Crippen LogP contribution in [0.5, 0.6) is 5.75 Å². The van der Waals surface area contributed by atoms with Gasteiger partial charge in [-0.3, -0.25) is 4.79 Å². The van der Waals surface area contributed by atoms with Crippen LogP contribution in [0.2, 0.25) is 10.0 Å². The van der Waals surface area contributed by atoms with Crippen molar-refractivity contribution in [1.82, 2.24) is 4.72 Å². The van der Waals surface area contributed by atoms with Crippen LogP contribution in [0.25, 0.3) is 0 Å². The number of carbonyl (C=O) groups is 1. The van der Waals surface area contributed by atoms with Gasteiger partial charge in [0.25, 0.3) is 5.91 Å². The number of carbonyl (C=O) groups excluding carboxylic acids is 1. The van der Waals surface area contributed by atoms with Crippen LogP contribution in [0.1, 0.15) is 18.5 Å². The Labute approximate surface area is 191 Å². The van der Waals surface area contributed by atoms with Gasteiger partial charge in [-0.25, -0.2) is 13.1 Å². The van der Waals surface area contributed by atoms with Crippen LogP contribution in [-0.2, 0) is 14.8 Å². The molecule has 0 aliphatic rings. The number of amides is 1. The van der Waals surface area contributed by atoms with E-state index < -0.39 is 15.9 Å². The highest BCUT2D eigenvalue weighted by Crippen LogP contribution is 2.23. The number of ether oxygens (including phenoxy) is 1. The standard InChI is InChI=1S/C22H20Cl2N2O4S/c1-15(16-5-3-2-4-6-16)26-31(28,29)21-9-7-20(8-10-21)30-14-22(27)25-19-12-17(23)11-18(24)13-19/h2-13,15,26H,14H2,1H3,(H,25,27)/t15-/m0/s1. The van der Waals surface area contributed by atoms with Crippen molar-refractivity contribution in [3.05, 3.63) is 88.4 Å². The Kier molecular flexibility index (Phi) is 7.56. The Morgan fingerprint density at radius 2 is 1.58 bits per heavy atom. The van der Waals surface area contributed by atoms with Crippen molar-refractivity contribution in [2.45, 2.75) is 17.9 Å². The molecular weight excluding hydrogens is 459 g/mol. The normalized spacial score (nSPS) is 12.2. The Morgan fingerprint density at radius 1 is 0.968 bits per heavy atom. The third-order valence-electron chi connectivity index (χ3n) is 4.28. The first kappa shape index (κ1) is 23.1. The van der Waals surface area contributed by atoms with E-state index in [1.165, 1.54) is 24.3 Å². The van der Waals surface area contributed by atoms with Gasteiger partial charge in [-0.1, -0.05) is 53.5 Å². The molecule has 1 amide bonds. The van der Waals surface area contributed by atoms with Gasteiger partial charge in [0.15, 0.2) is 6.61 Å². The molecule has 0 radical (unpaired) electrons. The number of sulfonamides is 1. The molecule has 9 heteroatoms. The molecule has 0 bridgehead atoms. The quantitative estimate of drug-likeness (QED) is 0.474. The van der Waals surface area contributed by atoms with Crippen molar-refractivity contribution in [1.29, 1.82) is 0 Å². The predicted molar refractivity (Wildman–Crippen MR) is 122 cm³/mol. The summed E-state index contributed by atoms with van der Waals surface area (Å²) in [5.74, 6) is -0.0530. The first-order valence-electron chi connectivity index (χ1n) is 9.29. The molecule has 31 heavy (non-hydrogen) atoms. The summed E-state index contributed by atoms with van der Waals surface area (Å²) >= 11 is 11.8. The van der Waals surface area contributed by atoms with Gasteiger partial charge in [0.2, 0.25) is 10.0 Å². The van der Waals surface area contributed by atoms with E-state index in [0.29, 0.717) is 21.5 Å². The topological polar surface area (TPSA) is 84.5 Å². The van der Waals surface area contributed by atoms with E-state index in [2.05, 4.69) is 10.0 Å². The molecule has 2 N–H and O–H groups in total. The summed E-state index contributed by atoms with van der Waals surface area (Å²) in [6.07, 6.45) is 0. The molecule has 6 nitrogen and oxygen atoms in total. The fourth-order valence-corrected chi connectivity index (χ4v) is 4.56. The highest BCUT2D eigenvalue weighted by Gasteiger charge is 2.18. The van der Waals surface area contributed by atoms with Gasteiger partial charge in [0, 0.05) is 21.8 Å². The van der Waals surface area contributed by atoms with Crippen molar-refractivity contribution in [2.75, 3.05) is 11.9 Å². The molecule has 0 heterocycles. The summed E-state index contributed by atoms with van der Waals surface area (Å²) < 4.78 is 33.3. The van der Waals surface area contributed by atoms with E-state index in [0.717, 1.165) is 5.56 Å². The van der Waals surface area contributed by atoms with Gasteiger partial charge in [-0.2, -0.15) is 0 Å². The lowest BCUT2D eigenvalue weighted by atomic mass is 10.1. The first-order chi connectivity index (χ1) is 14.7. The minimum absolute atomic E-state index is 0.0978. The monoisotopic (exact) mass is 478 g/mol. The van der Waals surface area contributed by atoms with E-state index in [1.807, 2.05) is 30.3 Å². The summed E-state index contributed by atoms with van der Waals surface area (Å²) in [7, 11) is -3.71. The van der Waals surface area contributed by atoms with Gasteiger partial charge in [-0.15, -0.1) is 0 Å². The molecule has 1 atom stereocenters. The minimum atomic E-state index is -3.71. The molecule has 0 aliphatic heterocycles. The molecule has 0 aliphatic carbocycles. The maximum Gasteiger partial charge on any atom is 0.262 e. The molecule has 0 saturated heterocycles. The zero-order valence-corrected chi connectivity index (χ0v) is 18.8. The molecule has 3 aromatic rings. The van der Waals surface area contributed by atoms with E-state index in [9.17, 15) is 13.2 Å². The number of anilines is 1. The molecule has 3 rings (SSSR count).